The number of benzene rings is 1. The lowest BCUT2D eigenvalue weighted by molar-refractivity contribution is -0.00753. The molecule has 0 bridgehead atoms. The Kier molecular flexibility index (Phi) is 5.23. The molecule has 0 spiro atoms. The van der Waals surface area contributed by atoms with Crippen LogP contribution in [0.25, 0.3) is 10.9 Å². The number of rotatable bonds is 6. The maximum atomic E-state index is 12.0. The van der Waals surface area contributed by atoms with Crippen molar-refractivity contribution in [2.24, 2.45) is 0 Å². The van der Waals surface area contributed by atoms with Gasteiger partial charge in [-0.15, -0.1) is 0 Å². The lowest BCUT2D eigenvalue weighted by Crippen LogP contribution is -2.22. The molecule has 7 heteroatoms. The first-order valence-corrected chi connectivity index (χ1v) is 8.86. The van der Waals surface area contributed by atoms with E-state index in [1.54, 1.807) is 23.0 Å². The Morgan fingerprint density at radius 3 is 2.67 bits per heavy atom. The van der Waals surface area contributed by atoms with Crippen LogP contribution in [0.4, 0.5) is 0 Å². The minimum absolute atomic E-state index is 0.0977. The standard InChI is InChI=1S/C20H24N4O3/c1-13-8-9-21-19(22-13)27-15-6-7-17-16(12-15)18(14(2)25)23-24(17)10-11-26-20(3,4)5/h6-9,12H,10-11H2,1-5H3. The second-order valence-electron chi connectivity index (χ2n) is 7.35. The van der Waals surface area contributed by atoms with Gasteiger partial charge in [-0.1, -0.05) is 0 Å². The topological polar surface area (TPSA) is 79.1 Å². The number of nitrogens with zero attached hydrogens (tertiary/aromatic N) is 4. The third kappa shape index (κ3) is 4.68. The zero-order valence-corrected chi connectivity index (χ0v) is 16.3. The van der Waals surface area contributed by atoms with Crippen LogP contribution in [-0.4, -0.2) is 37.7 Å². The largest absolute Gasteiger partial charge is 0.424 e. The highest BCUT2D eigenvalue weighted by Crippen LogP contribution is 2.27. The number of hydrogen-bond donors (Lipinski definition) is 0. The van der Waals surface area contributed by atoms with Crippen LogP contribution in [0, 0.1) is 6.92 Å². The lowest BCUT2D eigenvalue weighted by Gasteiger charge is -2.19. The van der Waals surface area contributed by atoms with Crippen molar-refractivity contribution in [1.82, 2.24) is 19.7 Å². The maximum Gasteiger partial charge on any atom is 0.322 e. The molecule has 27 heavy (non-hydrogen) atoms. The number of ether oxygens (including phenoxy) is 2. The molecule has 7 nitrogen and oxygen atoms in total. The van der Waals surface area contributed by atoms with E-state index in [9.17, 15) is 4.79 Å². The van der Waals surface area contributed by atoms with Crippen molar-refractivity contribution in [3.05, 3.63) is 41.9 Å². The molecule has 0 atom stereocenters. The van der Waals surface area contributed by atoms with Crippen molar-refractivity contribution in [3.63, 3.8) is 0 Å². The fraction of sp³-hybridized carbons (Fsp3) is 0.400. The second kappa shape index (κ2) is 7.44. The van der Waals surface area contributed by atoms with Crippen LogP contribution in [0.1, 0.15) is 43.9 Å². The number of carbonyl (C=O) groups excluding carboxylic acids is 1. The van der Waals surface area contributed by atoms with Crippen molar-refractivity contribution < 1.29 is 14.3 Å². The van der Waals surface area contributed by atoms with E-state index in [1.807, 2.05) is 39.8 Å². The molecular weight excluding hydrogens is 344 g/mol. The smallest absolute Gasteiger partial charge is 0.322 e. The van der Waals surface area contributed by atoms with E-state index in [2.05, 4.69) is 15.1 Å². The van der Waals surface area contributed by atoms with Gasteiger partial charge in [-0.2, -0.15) is 5.10 Å². The Bertz CT molecular complexity index is 973. The van der Waals surface area contributed by atoms with Crippen LogP contribution in [0.2, 0.25) is 0 Å². The molecule has 2 heterocycles. The summed E-state index contributed by atoms with van der Waals surface area (Å²) >= 11 is 0. The van der Waals surface area contributed by atoms with Crippen LogP contribution in [0.3, 0.4) is 0 Å². The molecule has 3 rings (SSSR count). The van der Waals surface area contributed by atoms with Crippen molar-refractivity contribution in [1.29, 1.82) is 0 Å². The zero-order chi connectivity index (χ0) is 19.6. The van der Waals surface area contributed by atoms with Gasteiger partial charge in [-0.05, 0) is 52.0 Å². The van der Waals surface area contributed by atoms with Crippen molar-refractivity contribution in [2.75, 3.05) is 6.61 Å². The Morgan fingerprint density at radius 2 is 2.00 bits per heavy atom. The summed E-state index contributed by atoms with van der Waals surface area (Å²) in [5, 5.41) is 5.21. The summed E-state index contributed by atoms with van der Waals surface area (Å²) in [7, 11) is 0. The van der Waals surface area contributed by atoms with E-state index in [1.165, 1.54) is 6.92 Å². The summed E-state index contributed by atoms with van der Waals surface area (Å²) in [6, 6.07) is 7.57. The molecule has 0 unspecified atom stereocenters. The number of Topliss-reactive ketones (excluding diaryl/α,β-unsaturated/α-hetero) is 1. The first-order chi connectivity index (χ1) is 12.7. The van der Waals surface area contributed by atoms with Gasteiger partial charge in [0.25, 0.3) is 0 Å². The minimum atomic E-state index is -0.221. The van der Waals surface area contributed by atoms with Gasteiger partial charge in [0, 0.05) is 24.2 Å². The molecule has 0 saturated heterocycles. The highest BCUT2D eigenvalue weighted by Gasteiger charge is 2.16. The summed E-state index contributed by atoms with van der Waals surface area (Å²) in [6.45, 7) is 10.5. The molecule has 0 aliphatic carbocycles. The predicted molar refractivity (Wildman–Crippen MR) is 102 cm³/mol. The summed E-state index contributed by atoms with van der Waals surface area (Å²) in [6.07, 6.45) is 1.64. The Labute approximate surface area is 158 Å². The normalized spacial score (nSPS) is 11.7. The van der Waals surface area contributed by atoms with E-state index in [0.717, 1.165) is 16.6 Å². The van der Waals surface area contributed by atoms with Gasteiger partial charge in [0.2, 0.25) is 0 Å². The van der Waals surface area contributed by atoms with Gasteiger partial charge in [0.1, 0.15) is 11.4 Å². The molecule has 0 aliphatic rings. The molecule has 142 valence electrons. The van der Waals surface area contributed by atoms with Crippen molar-refractivity contribution >= 4 is 16.7 Å². The highest BCUT2D eigenvalue weighted by molar-refractivity contribution is 6.05. The van der Waals surface area contributed by atoms with Crippen LogP contribution in [-0.2, 0) is 11.3 Å². The van der Waals surface area contributed by atoms with E-state index in [4.69, 9.17) is 9.47 Å². The summed E-state index contributed by atoms with van der Waals surface area (Å²) in [5.41, 5.74) is 1.87. The van der Waals surface area contributed by atoms with Gasteiger partial charge >= 0.3 is 6.01 Å². The monoisotopic (exact) mass is 368 g/mol. The van der Waals surface area contributed by atoms with E-state index in [0.29, 0.717) is 24.6 Å². The first kappa shape index (κ1) is 19.0. The van der Waals surface area contributed by atoms with E-state index in [-0.39, 0.29) is 17.4 Å². The molecule has 0 amide bonds. The fourth-order valence-electron chi connectivity index (χ4n) is 2.67. The molecule has 0 aliphatic heterocycles. The molecule has 0 N–H and O–H groups in total. The first-order valence-electron chi connectivity index (χ1n) is 8.86. The number of aryl methyl sites for hydroxylation is 1. The van der Waals surface area contributed by atoms with Crippen molar-refractivity contribution in [3.8, 4) is 11.8 Å². The lowest BCUT2D eigenvalue weighted by atomic mass is 10.1. The van der Waals surface area contributed by atoms with Gasteiger partial charge in [0.15, 0.2) is 5.78 Å². The quantitative estimate of drug-likeness (QED) is 0.613. The zero-order valence-electron chi connectivity index (χ0n) is 16.3. The number of hydrogen-bond acceptors (Lipinski definition) is 6. The number of ketones is 1. The molecule has 2 aromatic heterocycles. The third-order valence-corrected chi connectivity index (χ3v) is 3.88. The molecule has 3 aromatic rings. The molecular formula is C20H24N4O3. The highest BCUT2D eigenvalue weighted by atomic mass is 16.5. The number of carbonyl (C=O) groups is 1. The Morgan fingerprint density at radius 1 is 1.22 bits per heavy atom. The number of aromatic nitrogens is 4. The van der Waals surface area contributed by atoms with Crippen LogP contribution < -0.4 is 4.74 Å². The number of fused-ring (bicyclic) bond motifs is 1. The second-order valence-corrected chi connectivity index (χ2v) is 7.35. The van der Waals surface area contributed by atoms with Crippen LogP contribution in [0.5, 0.6) is 11.8 Å². The van der Waals surface area contributed by atoms with E-state index >= 15 is 0 Å². The van der Waals surface area contributed by atoms with Gasteiger partial charge < -0.3 is 9.47 Å². The van der Waals surface area contributed by atoms with E-state index < -0.39 is 0 Å². The maximum absolute atomic E-state index is 12.0. The van der Waals surface area contributed by atoms with Gasteiger partial charge in [0.05, 0.1) is 24.3 Å². The minimum Gasteiger partial charge on any atom is -0.424 e. The van der Waals surface area contributed by atoms with Gasteiger partial charge in [-0.3, -0.25) is 9.48 Å². The Balaban J connectivity index is 1.90. The average Bonchev–Trinajstić information content (AvgIpc) is 2.92. The summed E-state index contributed by atoms with van der Waals surface area (Å²) in [4.78, 5) is 20.4. The fourth-order valence-corrected chi connectivity index (χ4v) is 2.67. The third-order valence-electron chi connectivity index (χ3n) is 3.88. The van der Waals surface area contributed by atoms with Gasteiger partial charge in [-0.25, -0.2) is 9.97 Å². The summed E-state index contributed by atoms with van der Waals surface area (Å²) in [5.74, 6) is 0.459. The average molecular weight is 368 g/mol. The molecule has 0 radical (unpaired) electrons. The molecule has 1 aromatic carbocycles. The van der Waals surface area contributed by atoms with Crippen LogP contribution >= 0.6 is 0 Å². The molecule has 0 saturated carbocycles. The van der Waals surface area contributed by atoms with Crippen molar-refractivity contribution in [2.45, 2.75) is 46.8 Å². The summed E-state index contributed by atoms with van der Waals surface area (Å²) < 4.78 is 13.3. The predicted octanol–water partition coefficient (Wildman–Crippen LogP) is 3.94. The van der Waals surface area contributed by atoms with Crippen LogP contribution in [0.15, 0.2) is 30.5 Å². The SMILES string of the molecule is CC(=O)c1nn(CCOC(C)(C)C)c2ccc(Oc3nccc(C)n3)cc12. The molecule has 0 fully saturated rings. The Hall–Kier alpha value is -2.80.